The number of hydrogen-bond donors (Lipinski definition) is 1. The lowest BCUT2D eigenvalue weighted by Crippen LogP contribution is -2.62. The Balaban J connectivity index is 1.18. The molecule has 2 aromatic carbocycles. The molecule has 0 bridgehead atoms. The number of ether oxygens (including phenoxy) is 2. The molecule has 12 heteroatoms. The number of hydrogen-bond acceptors (Lipinski definition) is 8. The van der Waals surface area contributed by atoms with E-state index in [1.165, 1.54) is 25.0 Å². The second kappa shape index (κ2) is 11.9. The van der Waals surface area contributed by atoms with Crippen LogP contribution in [0.15, 0.2) is 24.3 Å². The Morgan fingerprint density at radius 1 is 1.02 bits per heavy atom. The van der Waals surface area contributed by atoms with Crippen molar-refractivity contribution in [2.24, 2.45) is 10.8 Å². The lowest BCUT2D eigenvalue weighted by molar-refractivity contribution is -0.0434. The molecule has 9 nitrogen and oxygen atoms in total. The number of aromatic nitrogens is 2. The smallest absolute Gasteiger partial charge is 0.410 e. The van der Waals surface area contributed by atoms with Crippen LogP contribution in [0.1, 0.15) is 59.3 Å². The van der Waals surface area contributed by atoms with Crippen LogP contribution in [0.25, 0.3) is 22.0 Å². The number of carbonyl (C=O) groups excluding carboxylic acids is 1. The van der Waals surface area contributed by atoms with Gasteiger partial charge in [0.05, 0.1) is 17.2 Å². The summed E-state index contributed by atoms with van der Waals surface area (Å²) in [4.78, 5) is 28.2. The minimum absolute atomic E-state index is 0.0120. The summed E-state index contributed by atoms with van der Waals surface area (Å²) in [7, 11) is 0. The van der Waals surface area contributed by atoms with Gasteiger partial charge in [-0.15, -0.1) is 0 Å². The fourth-order valence-corrected chi connectivity index (χ4v) is 7.63. The Morgan fingerprint density at radius 3 is 2.36 bits per heavy atom. The predicted molar refractivity (Wildman–Crippen MR) is 176 cm³/mol. The van der Waals surface area contributed by atoms with Crippen molar-refractivity contribution in [3.8, 4) is 22.9 Å². The Labute approximate surface area is 278 Å². The highest BCUT2D eigenvalue weighted by molar-refractivity contribution is 6.34. The molecular weight excluding hydrogens is 628 g/mol. The van der Waals surface area contributed by atoms with E-state index in [1.807, 2.05) is 20.8 Å². The topological polar surface area (TPSA) is 91.3 Å². The quantitative estimate of drug-likeness (QED) is 0.287. The third-order valence-electron chi connectivity index (χ3n) is 10.1. The number of nitrogens with zero attached hydrogens (tertiary/aromatic N) is 5. The molecule has 3 aromatic rings. The van der Waals surface area contributed by atoms with Crippen molar-refractivity contribution < 1.29 is 28.2 Å². The summed E-state index contributed by atoms with van der Waals surface area (Å²) in [5.74, 6) is -1.57. The van der Waals surface area contributed by atoms with Crippen LogP contribution >= 0.6 is 11.6 Å². The molecule has 4 heterocycles. The van der Waals surface area contributed by atoms with Crippen LogP contribution in [0.5, 0.6) is 11.8 Å². The van der Waals surface area contributed by atoms with Crippen LogP contribution < -0.4 is 9.64 Å². The number of piperidine rings is 1. The highest BCUT2D eigenvalue weighted by atomic mass is 35.5. The van der Waals surface area contributed by atoms with Crippen LogP contribution in [0.2, 0.25) is 5.02 Å². The molecule has 1 amide bonds. The zero-order valence-corrected chi connectivity index (χ0v) is 28.0. The van der Waals surface area contributed by atoms with Crippen molar-refractivity contribution in [1.82, 2.24) is 19.8 Å². The molecule has 3 saturated heterocycles. The number of benzene rings is 2. The first-order valence-electron chi connectivity index (χ1n) is 16.6. The molecule has 1 spiro atoms. The lowest BCUT2D eigenvalue weighted by atomic mass is 9.72. The minimum Gasteiger partial charge on any atom is -0.507 e. The number of fused-ring (bicyclic) bond motifs is 1. The van der Waals surface area contributed by atoms with Gasteiger partial charge < -0.3 is 29.3 Å². The van der Waals surface area contributed by atoms with Crippen LogP contribution in [-0.2, 0) is 4.74 Å². The summed E-state index contributed by atoms with van der Waals surface area (Å²) in [5, 5.41) is 10.8. The third kappa shape index (κ3) is 6.40. The van der Waals surface area contributed by atoms with E-state index in [-0.39, 0.29) is 44.6 Å². The average Bonchev–Trinajstić information content (AvgIpc) is 3.57. The largest absolute Gasteiger partial charge is 0.507 e. The molecule has 7 rings (SSSR count). The summed E-state index contributed by atoms with van der Waals surface area (Å²) in [6.07, 6.45) is 5.86. The number of rotatable bonds is 7. The van der Waals surface area contributed by atoms with Crippen molar-refractivity contribution in [2.45, 2.75) is 64.9 Å². The predicted octanol–water partition coefficient (Wildman–Crippen LogP) is 7.03. The van der Waals surface area contributed by atoms with Gasteiger partial charge in [0.15, 0.2) is 5.82 Å². The third-order valence-corrected chi connectivity index (χ3v) is 10.4. The molecule has 0 unspecified atom stereocenters. The molecule has 0 atom stereocenters. The van der Waals surface area contributed by atoms with Crippen molar-refractivity contribution in [3.05, 3.63) is 40.9 Å². The molecule has 1 aliphatic carbocycles. The highest BCUT2D eigenvalue weighted by Crippen LogP contribution is 2.48. The molecule has 1 N–H and O–H groups in total. The summed E-state index contributed by atoms with van der Waals surface area (Å²) in [5.41, 5.74) is -1.15. The van der Waals surface area contributed by atoms with Gasteiger partial charge in [0, 0.05) is 54.5 Å². The highest BCUT2D eigenvalue weighted by Gasteiger charge is 2.48. The first kappa shape index (κ1) is 32.1. The number of carbonyl (C=O) groups is 1. The molecule has 1 saturated carbocycles. The van der Waals surface area contributed by atoms with Gasteiger partial charge >= 0.3 is 12.1 Å². The van der Waals surface area contributed by atoms with E-state index in [2.05, 4.69) is 14.8 Å². The fraction of sp³-hybridized carbons (Fsp3) is 0.571. The maximum Gasteiger partial charge on any atom is 0.410 e. The lowest BCUT2D eigenvalue weighted by Gasteiger charge is -2.53. The summed E-state index contributed by atoms with van der Waals surface area (Å²) >= 11 is 6.64. The van der Waals surface area contributed by atoms with Crippen molar-refractivity contribution in [1.29, 1.82) is 0 Å². The minimum atomic E-state index is -0.847. The first-order valence-corrected chi connectivity index (χ1v) is 17.0. The molecule has 47 heavy (non-hydrogen) atoms. The second-order valence-corrected chi connectivity index (χ2v) is 15.4. The Hall–Kier alpha value is -3.44. The van der Waals surface area contributed by atoms with Crippen LogP contribution in [-0.4, -0.2) is 89.0 Å². The number of phenols is 1. The normalized spacial score (nSPS) is 20.5. The van der Waals surface area contributed by atoms with Crippen LogP contribution in [0, 0.1) is 22.5 Å². The van der Waals surface area contributed by atoms with E-state index < -0.39 is 23.0 Å². The Bertz CT molecular complexity index is 1670. The second-order valence-electron chi connectivity index (χ2n) is 15.0. The first-order chi connectivity index (χ1) is 22.3. The van der Waals surface area contributed by atoms with Crippen LogP contribution in [0.4, 0.5) is 19.4 Å². The van der Waals surface area contributed by atoms with Gasteiger partial charge in [-0.05, 0) is 90.6 Å². The van der Waals surface area contributed by atoms with E-state index in [0.29, 0.717) is 44.0 Å². The number of amides is 1. The van der Waals surface area contributed by atoms with E-state index in [9.17, 15) is 14.3 Å². The average molecular weight is 670 g/mol. The maximum absolute atomic E-state index is 16.5. The number of anilines is 1. The van der Waals surface area contributed by atoms with Gasteiger partial charge in [-0.1, -0.05) is 17.7 Å². The molecular formula is C35H42ClF2N5O4. The van der Waals surface area contributed by atoms with E-state index in [0.717, 1.165) is 51.4 Å². The van der Waals surface area contributed by atoms with E-state index in [1.54, 1.807) is 11.0 Å². The Morgan fingerprint density at radius 2 is 1.72 bits per heavy atom. The molecule has 4 aliphatic rings. The van der Waals surface area contributed by atoms with Gasteiger partial charge in [-0.2, -0.15) is 9.97 Å². The van der Waals surface area contributed by atoms with Crippen molar-refractivity contribution in [2.75, 3.05) is 57.3 Å². The number of phenolic OH excluding ortho intramolecular Hbond substituents is 1. The molecule has 1 aromatic heterocycles. The summed E-state index contributed by atoms with van der Waals surface area (Å²) in [6, 6.07) is 5.40. The van der Waals surface area contributed by atoms with E-state index in [4.69, 9.17) is 26.1 Å². The number of aromatic hydroxyl groups is 1. The van der Waals surface area contributed by atoms with E-state index >= 15 is 4.39 Å². The SMILES string of the molecule is CC(C)(C)OC(=O)N1CC2(CCN(c3nc(OCC4(CN5CCCC5)CC4)nc4c(F)c(-c5c(O)cccc5F)c(Cl)cc34)CC2)C1. The Kier molecular flexibility index (Phi) is 8.14. The number of likely N-dealkylation sites (tertiary alicyclic amines) is 2. The summed E-state index contributed by atoms with van der Waals surface area (Å²) in [6.45, 7) is 11.7. The van der Waals surface area contributed by atoms with Crippen LogP contribution in [0.3, 0.4) is 0 Å². The van der Waals surface area contributed by atoms with Gasteiger partial charge in [0.1, 0.15) is 28.5 Å². The fourth-order valence-electron chi connectivity index (χ4n) is 7.34. The van der Waals surface area contributed by atoms with Crippen molar-refractivity contribution in [3.63, 3.8) is 0 Å². The number of halogens is 3. The van der Waals surface area contributed by atoms with Gasteiger partial charge in [-0.3, -0.25) is 0 Å². The monoisotopic (exact) mass is 669 g/mol. The molecule has 3 aliphatic heterocycles. The zero-order valence-electron chi connectivity index (χ0n) is 27.3. The standard InChI is InChI=1S/C35H42ClF2N5O4/c1-33(2,3)47-32(45)43-19-34(20-43)11-15-42(16-12-34)30-22-17-23(36)26(27-24(37)7-6-8-25(27)44)28(38)29(22)39-31(40-30)46-21-35(9-10-35)18-41-13-4-5-14-41/h6-8,17,44H,4-5,9-16,18-21H2,1-3H3. The molecule has 4 fully saturated rings. The molecule has 0 radical (unpaired) electrons. The van der Waals surface area contributed by atoms with Gasteiger partial charge in [0.25, 0.3) is 0 Å². The zero-order chi connectivity index (χ0) is 33.1. The van der Waals surface area contributed by atoms with Crippen molar-refractivity contribution >= 4 is 34.4 Å². The van der Waals surface area contributed by atoms with Gasteiger partial charge in [-0.25, -0.2) is 13.6 Å². The summed E-state index contributed by atoms with van der Waals surface area (Å²) < 4.78 is 43.3. The van der Waals surface area contributed by atoms with Gasteiger partial charge in [0.2, 0.25) is 0 Å². The maximum atomic E-state index is 16.5. The molecule has 252 valence electrons.